The molecule has 9 rings (SSSR count). The van der Waals surface area contributed by atoms with Crippen LogP contribution in [-0.2, 0) is 0 Å². The van der Waals surface area contributed by atoms with E-state index in [0.717, 1.165) is 22.4 Å². The quantitative estimate of drug-likeness (QED) is 0.163. The number of ether oxygens (including phenoxy) is 1. The Bertz CT molecular complexity index is 2310. The molecule has 39 heavy (non-hydrogen) atoms. The van der Waals surface area contributed by atoms with Crippen LogP contribution in [0.4, 0.5) is 0 Å². The molecule has 0 saturated carbocycles. The van der Waals surface area contributed by atoms with Gasteiger partial charge in [0.15, 0.2) is 0 Å². The van der Waals surface area contributed by atoms with Gasteiger partial charge < -0.3 is 4.74 Å². The van der Waals surface area contributed by atoms with Crippen molar-refractivity contribution in [1.29, 1.82) is 0 Å². The molecular weight excluding hydrogens is 472 g/mol. The fraction of sp³-hybridized carbons (Fsp3) is 0. The number of hydrogen-bond donors (Lipinski definition) is 0. The second-order valence-electron chi connectivity index (χ2n) is 10.5. The summed E-state index contributed by atoms with van der Waals surface area (Å²) < 4.78 is 6.61. The Labute approximate surface area is 225 Å². The van der Waals surface area contributed by atoms with E-state index in [4.69, 9.17) is 4.74 Å². The Morgan fingerprint density at radius 1 is 0.359 bits per heavy atom. The smallest absolute Gasteiger partial charge is 0.143 e. The molecule has 1 heteroatoms. The monoisotopic (exact) mass is 494 g/mol. The maximum absolute atomic E-state index is 6.61. The van der Waals surface area contributed by atoms with Gasteiger partial charge in [0.05, 0.1) is 0 Å². The van der Waals surface area contributed by atoms with Gasteiger partial charge in [0.2, 0.25) is 0 Å². The molecule has 1 aliphatic heterocycles. The molecule has 0 unspecified atom stereocenters. The van der Waals surface area contributed by atoms with E-state index in [1.165, 1.54) is 65.2 Å². The van der Waals surface area contributed by atoms with Crippen LogP contribution in [0.3, 0.4) is 0 Å². The Balaban J connectivity index is 1.27. The molecule has 0 amide bonds. The first-order chi connectivity index (χ1) is 19.3. The summed E-state index contributed by atoms with van der Waals surface area (Å²) in [7, 11) is 0. The first-order valence-electron chi connectivity index (χ1n) is 13.4. The molecule has 1 nitrogen and oxygen atoms in total. The van der Waals surface area contributed by atoms with E-state index in [-0.39, 0.29) is 0 Å². The van der Waals surface area contributed by atoms with Crippen molar-refractivity contribution < 1.29 is 4.74 Å². The Hall–Kier alpha value is -5.14. The third-order valence-electron chi connectivity index (χ3n) is 8.40. The highest BCUT2D eigenvalue weighted by Crippen LogP contribution is 2.51. The van der Waals surface area contributed by atoms with Gasteiger partial charge in [0.25, 0.3) is 0 Å². The van der Waals surface area contributed by atoms with E-state index >= 15 is 0 Å². The van der Waals surface area contributed by atoms with Crippen LogP contribution >= 0.6 is 0 Å². The first kappa shape index (κ1) is 20.9. The lowest BCUT2D eigenvalue weighted by Gasteiger charge is -2.24. The second kappa shape index (κ2) is 7.69. The molecule has 0 fully saturated rings. The minimum Gasteiger partial charge on any atom is -0.455 e. The Kier molecular flexibility index (Phi) is 4.11. The van der Waals surface area contributed by atoms with Crippen LogP contribution in [-0.4, -0.2) is 0 Å². The summed E-state index contributed by atoms with van der Waals surface area (Å²) >= 11 is 0. The lowest BCUT2D eigenvalue weighted by atomic mass is 9.88. The van der Waals surface area contributed by atoms with Crippen molar-refractivity contribution >= 4 is 53.9 Å². The number of benzene rings is 8. The van der Waals surface area contributed by atoms with Gasteiger partial charge in [-0.15, -0.1) is 0 Å². The van der Waals surface area contributed by atoms with Crippen LogP contribution in [0.2, 0.25) is 0 Å². The van der Waals surface area contributed by atoms with Crippen LogP contribution in [0, 0.1) is 0 Å². The van der Waals surface area contributed by atoms with Crippen LogP contribution in [0.1, 0.15) is 0 Å². The van der Waals surface area contributed by atoms with E-state index in [2.05, 4.69) is 133 Å². The zero-order valence-electron chi connectivity index (χ0n) is 21.1. The fourth-order valence-electron chi connectivity index (χ4n) is 6.53. The van der Waals surface area contributed by atoms with Crippen LogP contribution in [0.5, 0.6) is 11.5 Å². The largest absolute Gasteiger partial charge is 0.455 e. The second-order valence-corrected chi connectivity index (χ2v) is 10.5. The number of fused-ring (bicyclic) bond motifs is 8. The van der Waals surface area contributed by atoms with Crippen LogP contribution < -0.4 is 4.74 Å². The van der Waals surface area contributed by atoms with Gasteiger partial charge in [-0.25, -0.2) is 0 Å². The third-order valence-corrected chi connectivity index (χ3v) is 8.40. The van der Waals surface area contributed by atoms with Crippen LogP contribution in [0.15, 0.2) is 133 Å². The molecule has 1 aliphatic rings. The molecule has 0 spiro atoms. The summed E-state index contributed by atoms with van der Waals surface area (Å²) in [5, 5.41) is 12.4. The Morgan fingerprint density at radius 3 is 1.97 bits per heavy atom. The summed E-state index contributed by atoms with van der Waals surface area (Å²) in [5.74, 6) is 1.87. The molecule has 180 valence electrons. The highest BCUT2D eigenvalue weighted by atomic mass is 16.5. The van der Waals surface area contributed by atoms with E-state index in [9.17, 15) is 0 Å². The average Bonchev–Trinajstić information content (AvgIpc) is 3.00. The molecule has 0 saturated heterocycles. The maximum atomic E-state index is 6.61. The van der Waals surface area contributed by atoms with Gasteiger partial charge in [-0.2, -0.15) is 0 Å². The van der Waals surface area contributed by atoms with Crippen molar-refractivity contribution in [3.05, 3.63) is 133 Å². The van der Waals surface area contributed by atoms with Crippen molar-refractivity contribution in [2.75, 3.05) is 0 Å². The molecule has 8 aromatic carbocycles. The SMILES string of the molecule is c1ccc2c3c(ccc2c1)-c1ccc(-c2ccc4cc5ccc6ccccc6c5cc4c2)c2cccc(c12)O3. The van der Waals surface area contributed by atoms with Gasteiger partial charge in [-0.3, -0.25) is 0 Å². The van der Waals surface area contributed by atoms with Crippen molar-refractivity contribution in [2.45, 2.75) is 0 Å². The summed E-state index contributed by atoms with van der Waals surface area (Å²) in [6.07, 6.45) is 0. The van der Waals surface area contributed by atoms with E-state index in [1.807, 2.05) is 0 Å². The number of rotatable bonds is 1. The molecule has 0 aromatic heterocycles. The standard InChI is InChI=1S/C38H22O/c1-3-8-29-23(6-1)12-14-27-20-25-13-15-26(21-28(25)22-35(27)29)30-18-19-33-34-17-16-24-7-2-4-9-31(24)38(34)39-36-11-5-10-32(30)37(33)36/h1-22H. The lowest BCUT2D eigenvalue weighted by Crippen LogP contribution is -1.98. The summed E-state index contributed by atoms with van der Waals surface area (Å²) in [5.41, 5.74) is 4.83. The van der Waals surface area contributed by atoms with E-state index in [1.54, 1.807) is 0 Å². The minimum atomic E-state index is 0.923. The van der Waals surface area contributed by atoms with Crippen molar-refractivity contribution in [2.24, 2.45) is 0 Å². The normalized spacial score (nSPS) is 12.3. The van der Waals surface area contributed by atoms with Gasteiger partial charge in [-0.05, 0) is 90.1 Å². The molecule has 0 N–H and O–H groups in total. The summed E-state index contributed by atoms with van der Waals surface area (Å²) in [6.45, 7) is 0. The van der Waals surface area contributed by atoms with Crippen LogP contribution in [0.25, 0.3) is 76.1 Å². The minimum absolute atomic E-state index is 0.923. The predicted molar refractivity (Wildman–Crippen MR) is 165 cm³/mol. The van der Waals surface area contributed by atoms with Crippen molar-refractivity contribution in [1.82, 2.24) is 0 Å². The highest BCUT2D eigenvalue weighted by molar-refractivity contribution is 6.15. The number of hydrogen-bond acceptors (Lipinski definition) is 1. The van der Waals surface area contributed by atoms with Gasteiger partial charge in [0.1, 0.15) is 11.5 Å². The molecule has 0 atom stereocenters. The zero-order valence-corrected chi connectivity index (χ0v) is 21.1. The van der Waals surface area contributed by atoms with E-state index in [0.29, 0.717) is 0 Å². The third kappa shape index (κ3) is 2.96. The lowest BCUT2D eigenvalue weighted by molar-refractivity contribution is 0.493. The fourth-order valence-corrected chi connectivity index (χ4v) is 6.53. The summed E-state index contributed by atoms with van der Waals surface area (Å²) in [6, 6.07) is 48.4. The maximum Gasteiger partial charge on any atom is 0.143 e. The molecule has 0 radical (unpaired) electrons. The molecule has 8 aromatic rings. The Morgan fingerprint density at radius 2 is 1.05 bits per heavy atom. The highest BCUT2D eigenvalue weighted by Gasteiger charge is 2.23. The van der Waals surface area contributed by atoms with Gasteiger partial charge >= 0.3 is 0 Å². The average molecular weight is 495 g/mol. The summed E-state index contributed by atoms with van der Waals surface area (Å²) in [4.78, 5) is 0. The van der Waals surface area contributed by atoms with E-state index < -0.39 is 0 Å². The van der Waals surface area contributed by atoms with Crippen molar-refractivity contribution in [3.8, 4) is 33.8 Å². The zero-order chi connectivity index (χ0) is 25.5. The topological polar surface area (TPSA) is 9.23 Å². The predicted octanol–water partition coefficient (Wildman–Crippen LogP) is 10.9. The van der Waals surface area contributed by atoms with Crippen molar-refractivity contribution in [3.63, 3.8) is 0 Å². The van der Waals surface area contributed by atoms with Gasteiger partial charge in [0, 0.05) is 16.3 Å². The molecular formula is C38H22O. The molecule has 1 heterocycles. The van der Waals surface area contributed by atoms with Gasteiger partial charge in [-0.1, -0.05) is 103 Å². The first-order valence-corrected chi connectivity index (χ1v) is 13.4. The molecule has 0 bridgehead atoms. The molecule has 0 aliphatic carbocycles.